The second-order valence-electron chi connectivity index (χ2n) is 7.71. The molecule has 2 heterocycles. The third-order valence-electron chi connectivity index (χ3n) is 5.85. The van der Waals surface area contributed by atoms with E-state index in [0.29, 0.717) is 16.9 Å². The molecule has 2 atom stereocenters. The van der Waals surface area contributed by atoms with Crippen molar-refractivity contribution in [1.82, 2.24) is 0 Å². The highest BCUT2D eigenvalue weighted by Crippen LogP contribution is 2.35. The van der Waals surface area contributed by atoms with E-state index in [4.69, 9.17) is 4.42 Å². The molecule has 4 heteroatoms. The van der Waals surface area contributed by atoms with Gasteiger partial charge in [-0.2, -0.15) is 0 Å². The van der Waals surface area contributed by atoms with Gasteiger partial charge in [-0.05, 0) is 50.7 Å². The first-order valence-corrected chi connectivity index (χ1v) is 9.18. The van der Waals surface area contributed by atoms with E-state index in [1.165, 1.54) is 30.8 Å². The lowest BCUT2D eigenvalue weighted by Gasteiger charge is -2.28. The first kappa shape index (κ1) is 15.7. The van der Waals surface area contributed by atoms with Gasteiger partial charge < -0.3 is 14.4 Å². The second kappa shape index (κ2) is 5.92. The number of aryl methyl sites for hydroxylation is 2. The van der Waals surface area contributed by atoms with E-state index >= 15 is 0 Å². The van der Waals surface area contributed by atoms with Gasteiger partial charge >= 0.3 is 5.63 Å². The van der Waals surface area contributed by atoms with E-state index < -0.39 is 0 Å². The van der Waals surface area contributed by atoms with Gasteiger partial charge in [-0.25, -0.2) is 4.79 Å². The average Bonchev–Trinajstić information content (AvgIpc) is 3.04. The molecular formula is C20H26NO3+. The topological polar surface area (TPSA) is 54.9 Å². The minimum atomic E-state index is -0.222. The molecule has 1 aliphatic carbocycles. The summed E-state index contributed by atoms with van der Waals surface area (Å²) in [5, 5.41) is 11.7. The Hall–Kier alpha value is -1.81. The highest BCUT2D eigenvalue weighted by atomic mass is 16.4. The van der Waals surface area contributed by atoms with E-state index in [9.17, 15) is 9.90 Å². The Kier molecular flexibility index (Phi) is 3.87. The highest BCUT2D eigenvalue weighted by Gasteiger charge is 2.25. The van der Waals surface area contributed by atoms with E-state index in [-0.39, 0.29) is 5.63 Å². The zero-order chi connectivity index (χ0) is 16.8. The molecule has 0 amide bonds. The first-order valence-electron chi connectivity index (χ1n) is 9.18. The van der Waals surface area contributed by atoms with Gasteiger partial charge in [0, 0.05) is 28.0 Å². The van der Waals surface area contributed by atoms with Crippen LogP contribution in [0.3, 0.4) is 0 Å². The third kappa shape index (κ3) is 2.53. The van der Waals surface area contributed by atoms with Crippen LogP contribution in [0.1, 0.15) is 48.4 Å². The highest BCUT2D eigenvalue weighted by molar-refractivity contribution is 5.87. The van der Waals surface area contributed by atoms with Gasteiger partial charge in [0.2, 0.25) is 0 Å². The molecule has 1 saturated heterocycles. The van der Waals surface area contributed by atoms with Crippen LogP contribution in [0.15, 0.2) is 15.3 Å². The number of hydrogen-bond donors (Lipinski definition) is 2. The van der Waals surface area contributed by atoms with Gasteiger partial charge in [-0.15, -0.1) is 0 Å². The van der Waals surface area contributed by atoms with Crippen LogP contribution in [-0.2, 0) is 19.4 Å². The smallest absolute Gasteiger partial charge is 0.339 e. The van der Waals surface area contributed by atoms with Crippen LogP contribution in [0, 0.1) is 12.8 Å². The molecule has 128 valence electrons. The maximum absolute atomic E-state index is 12.2. The van der Waals surface area contributed by atoms with Crippen molar-refractivity contribution in [2.24, 2.45) is 5.92 Å². The van der Waals surface area contributed by atoms with Crippen molar-refractivity contribution in [2.75, 3.05) is 13.1 Å². The molecule has 4 rings (SSSR count). The van der Waals surface area contributed by atoms with Gasteiger partial charge in [0.05, 0.1) is 13.1 Å². The molecule has 1 aromatic carbocycles. The van der Waals surface area contributed by atoms with Crippen LogP contribution in [0.2, 0.25) is 0 Å². The molecule has 1 fully saturated rings. The van der Waals surface area contributed by atoms with Crippen molar-refractivity contribution in [1.29, 1.82) is 0 Å². The minimum absolute atomic E-state index is 0.222. The minimum Gasteiger partial charge on any atom is -0.507 e. The Morgan fingerprint density at radius 3 is 2.88 bits per heavy atom. The van der Waals surface area contributed by atoms with Crippen LogP contribution in [0.5, 0.6) is 5.75 Å². The Bertz CT molecular complexity index is 852. The quantitative estimate of drug-likeness (QED) is 0.830. The summed E-state index contributed by atoms with van der Waals surface area (Å²) in [7, 11) is 0. The van der Waals surface area contributed by atoms with Crippen LogP contribution in [-0.4, -0.2) is 18.2 Å². The Balaban J connectivity index is 1.80. The van der Waals surface area contributed by atoms with Gasteiger partial charge in [0.25, 0.3) is 0 Å². The largest absolute Gasteiger partial charge is 0.507 e. The van der Waals surface area contributed by atoms with Crippen LogP contribution in [0.25, 0.3) is 11.0 Å². The first-order chi connectivity index (χ1) is 11.5. The number of aromatic hydroxyl groups is 1. The number of rotatable bonds is 2. The lowest BCUT2D eigenvalue weighted by atomic mass is 9.97. The van der Waals surface area contributed by atoms with Crippen molar-refractivity contribution in [3.8, 4) is 5.75 Å². The number of phenols is 1. The molecule has 1 aliphatic heterocycles. The van der Waals surface area contributed by atoms with Crippen molar-refractivity contribution in [3.63, 3.8) is 0 Å². The standard InChI is InChI=1S/C20H25NO3/c1-12-5-4-8-21(10-12)11-14-9-17-15-6-3-7-16(15)20(23)24-19(17)13(2)18(14)22/h9,12,22H,3-8,10-11H2,1-2H3/p+1/t12-/m0/s1. The molecule has 2 aromatic rings. The lowest BCUT2D eigenvalue weighted by Crippen LogP contribution is -3.12. The van der Waals surface area contributed by atoms with Gasteiger partial charge in [0.1, 0.15) is 17.9 Å². The molecule has 1 unspecified atom stereocenters. The number of hydrogen-bond acceptors (Lipinski definition) is 3. The molecule has 24 heavy (non-hydrogen) atoms. The monoisotopic (exact) mass is 328 g/mol. The molecule has 0 saturated carbocycles. The maximum atomic E-state index is 12.2. The van der Waals surface area contributed by atoms with Crippen molar-refractivity contribution in [2.45, 2.75) is 52.5 Å². The van der Waals surface area contributed by atoms with E-state index in [0.717, 1.165) is 53.8 Å². The fraction of sp³-hybridized carbons (Fsp3) is 0.550. The lowest BCUT2D eigenvalue weighted by molar-refractivity contribution is -0.922. The van der Waals surface area contributed by atoms with Crippen LogP contribution >= 0.6 is 0 Å². The molecule has 0 radical (unpaired) electrons. The number of fused-ring (bicyclic) bond motifs is 3. The summed E-state index contributed by atoms with van der Waals surface area (Å²) in [4.78, 5) is 13.7. The van der Waals surface area contributed by atoms with Crippen molar-refractivity contribution >= 4 is 11.0 Å². The number of quaternary nitrogens is 1. The summed E-state index contributed by atoms with van der Waals surface area (Å²) in [5.74, 6) is 1.05. The van der Waals surface area contributed by atoms with E-state index in [1.54, 1.807) is 0 Å². The van der Waals surface area contributed by atoms with Crippen molar-refractivity contribution < 1.29 is 14.4 Å². The van der Waals surface area contributed by atoms with Crippen LogP contribution < -0.4 is 10.5 Å². The fourth-order valence-electron chi connectivity index (χ4n) is 4.60. The Morgan fingerprint density at radius 2 is 2.08 bits per heavy atom. The third-order valence-corrected chi connectivity index (χ3v) is 5.85. The van der Waals surface area contributed by atoms with Crippen molar-refractivity contribution in [3.05, 3.63) is 38.7 Å². The maximum Gasteiger partial charge on any atom is 0.339 e. The number of piperidine rings is 1. The normalized spacial score (nSPS) is 23.6. The van der Waals surface area contributed by atoms with E-state index in [2.05, 4.69) is 13.0 Å². The second-order valence-corrected chi connectivity index (χ2v) is 7.71. The van der Waals surface area contributed by atoms with Gasteiger partial charge in [0.15, 0.2) is 0 Å². The molecular weight excluding hydrogens is 302 g/mol. The number of benzene rings is 1. The summed E-state index contributed by atoms with van der Waals surface area (Å²) >= 11 is 0. The van der Waals surface area contributed by atoms with Gasteiger partial charge in [-0.1, -0.05) is 6.92 Å². The average molecular weight is 328 g/mol. The Labute approximate surface area is 142 Å². The molecule has 1 aromatic heterocycles. The molecule has 4 nitrogen and oxygen atoms in total. The fourth-order valence-corrected chi connectivity index (χ4v) is 4.60. The number of nitrogens with one attached hydrogen (secondary N) is 1. The molecule has 0 bridgehead atoms. The molecule has 2 aliphatic rings. The number of phenolic OH excluding ortho intramolecular Hbond substituents is 1. The molecule has 0 spiro atoms. The Morgan fingerprint density at radius 1 is 1.29 bits per heavy atom. The number of likely N-dealkylation sites (tertiary alicyclic amines) is 1. The molecule has 2 N–H and O–H groups in total. The SMILES string of the molecule is Cc1c(O)c(C[NH+]2CCC[C@H](C)C2)cc2c3c(c(=O)oc12)CCC3. The summed E-state index contributed by atoms with van der Waals surface area (Å²) in [6.07, 6.45) is 5.34. The summed E-state index contributed by atoms with van der Waals surface area (Å²) in [6.45, 7) is 7.36. The predicted molar refractivity (Wildman–Crippen MR) is 93.7 cm³/mol. The zero-order valence-electron chi connectivity index (χ0n) is 14.6. The summed E-state index contributed by atoms with van der Waals surface area (Å²) in [6, 6.07) is 2.08. The summed E-state index contributed by atoms with van der Waals surface area (Å²) < 4.78 is 5.56. The summed E-state index contributed by atoms with van der Waals surface area (Å²) in [5.41, 5.74) is 4.04. The van der Waals surface area contributed by atoms with Crippen LogP contribution in [0.4, 0.5) is 0 Å². The van der Waals surface area contributed by atoms with Gasteiger partial charge in [-0.3, -0.25) is 0 Å². The predicted octanol–water partition coefficient (Wildman–Crippen LogP) is 2.11. The van der Waals surface area contributed by atoms with E-state index in [1.807, 2.05) is 6.92 Å². The zero-order valence-corrected chi connectivity index (χ0v) is 14.6.